The van der Waals surface area contributed by atoms with Gasteiger partial charge >= 0.3 is 0 Å². The first-order chi connectivity index (χ1) is 37.5. The van der Waals surface area contributed by atoms with Crippen LogP contribution in [0.2, 0.25) is 0 Å². The van der Waals surface area contributed by atoms with Crippen molar-refractivity contribution >= 4 is 75.9 Å². The second-order valence-electron chi connectivity index (χ2n) is 18.9. The smallest absolute Gasteiger partial charge is 0.0705 e. The van der Waals surface area contributed by atoms with Crippen molar-refractivity contribution in [3.8, 4) is 0 Å². The molecule has 77 heavy (non-hydrogen) atoms. The molecule has 0 amide bonds. The zero-order chi connectivity index (χ0) is 53.8. The lowest BCUT2D eigenvalue weighted by molar-refractivity contribution is 1.22. The predicted octanol–water partition coefficient (Wildman–Crippen LogP) is 17.8. The van der Waals surface area contributed by atoms with Crippen molar-refractivity contribution in [3.05, 3.63) is 295 Å². The first-order valence-electron chi connectivity index (χ1n) is 25.7. The fourth-order valence-electron chi connectivity index (χ4n) is 8.32. The van der Waals surface area contributed by atoms with E-state index in [1.54, 1.807) is 0 Å². The van der Waals surface area contributed by atoms with Gasteiger partial charge in [-0.05, 0) is 155 Å². The third kappa shape index (κ3) is 16.2. The SMILES string of the molecule is Cc1cc2ccccc2cn1.Cc1ccc2ccccc2n1.Cc1ccc2cccnc2c1.Cc1ccc2ccncc2c1.Cc1ccc2cnccc2c1.Cc1ccc2ncccc2c1.Cc1cnc2ccccc2c1. The standard InChI is InChI=1S/7C10H9N/c1-8-2-3-10-7-11-5-4-9(10)6-8;1-8-2-3-9-4-5-11-7-10(9)6-8;1-8-4-5-10-9(7-8)3-2-6-11-10;1-8-4-5-9-3-2-6-11-10(9)7-8;1-8-6-9-4-2-3-5-10(9)7-11-8;1-8-6-9-4-2-3-5-10(9)11-7-8;1-8-6-7-9-4-2-3-5-10(9)11-8/h7*2-7H,1H3. The zero-order valence-electron chi connectivity index (χ0n) is 44.9. The number of hydrogen-bond acceptors (Lipinski definition) is 7. The fourth-order valence-corrected chi connectivity index (χ4v) is 8.32. The van der Waals surface area contributed by atoms with Crippen molar-refractivity contribution in [2.24, 2.45) is 0 Å². The highest BCUT2D eigenvalue weighted by atomic mass is 14.7. The minimum atomic E-state index is 1.07. The predicted molar refractivity (Wildman–Crippen MR) is 325 cm³/mol. The normalized spacial score (nSPS) is 10.3. The summed E-state index contributed by atoms with van der Waals surface area (Å²) >= 11 is 0. The van der Waals surface area contributed by atoms with Gasteiger partial charge < -0.3 is 0 Å². The van der Waals surface area contributed by atoms with Crippen LogP contribution < -0.4 is 0 Å². The third-order valence-electron chi connectivity index (χ3n) is 12.3. The molecule has 0 unspecified atom stereocenters. The molecule has 7 heteroatoms. The molecular formula is C70H63N7. The maximum absolute atomic E-state index is 4.38. The molecule has 0 radical (unpaired) electrons. The number of aryl methyl sites for hydroxylation is 7. The highest BCUT2D eigenvalue weighted by Crippen LogP contribution is 2.17. The largest absolute Gasteiger partial charge is 0.264 e. The molecule has 0 spiro atoms. The lowest BCUT2D eigenvalue weighted by Gasteiger charge is -1.96. The average molecular weight is 1000 g/mol. The van der Waals surface area contributed by atoms with Crippen LogP contribution >= 0.6 is 0 Å². The number of pyridine rings is 7. The Morgan fingerprint density at radius 3 is 1.42 bits per heavy atom. The van der Waals surface area contributed by atoms with Gasteiger partial charge in [-0.2, -0.15) is 0 Å². The maximum atomic E-state index is 4.38. The summed E-state index contributed by atoms with van der Waals surface area (Å²) in [4.78, 5) is 29.4. The second kappa shape index (κ2) is 27.1. The van der Waals surface area contributed by atoms with Gasteiger partial charge in [-0.1, -0.05) is 144 Å². The van der Waals surface area contributed by atoms with E-state index in [4.69, 9.17) is 0 Å². The Morgan fingerprint density at radius 2 is 0.675 bits per heavy atom. The van der Waals surface area contributed by atoms with Gasteiger partial charge in [0.05, 0.1) is 22.1 Å². The average Bonchev–Trinajstić information content (AvgIpc) is 3.46. The van der Waals surface area contributed by atoms with Crippen molar-refractivity contribution in [1.29, 1.82) is 0 Å². The molecule has 0 saturated carbocycles. The van der Waals surface area contributed by atoms with Crippen LogP contribution in [0.15, 0.2) is 256 Å². The monoisotopic (exact) mass is 1000 g/mol. The van der Waals surface area contributed by atoms with Crippen LogP contribution in [0.25, 0.3) is 75.9 Å². The van der Waals surface area contributed by atoms with E-state index < -0.39 is 0 Å². The van der Waals surface area contributed by atoms with Crippen LogP contribution in [0.3, 0.4) is 0 Å². The number of nitrogens with zero attached hydrogens (tertiary/aromatic N) is 7. The summed E-state index contributed by atoms with van der Waals surface area (Å²) in [6.45, 7) is 14.4. The summed E-state index contributed by atoms with van der Waals surface area (Å²) in [7, 11) is 0. The molecule has 14 rings (SSSR count). The van der Waals surface area contributed by atoms with E-state index >= 15 is 0 Å². The summed E-state index contributed by atoms with van der Waals surface area (Å²) in [6, 6.07) is 70.3. The van der Waals surface area contributed by atoms with E-state index in [1.807, 2.05) is 148 Å². The number of aromatic nitrogens is 7. The third-order valence-corrected chi connectivity index (χ3v) is 12.3. The first-order valence-corrected chi connectivity index (χ1v) is 25.7. The van der Waals surface area contributed by atoms with Gasteiger partial charge in [-0.25, -0.2) is 0 Å². The Bertz CT molecular complexity index is 3410. The van der Waals surface area contributed by atoms with Crippen LogP contribution in [-0.2, 0) is 0 Å². The highest BCUT2D eigenvalue weighted by Gasteiger charge is 1.96. The molecule has 0 N–H and O–H groups in total. The molecule has 0 saturated heterocycles. The molecule has 0 fully saturated rings. The van der Waals surface area contributed by atoms with E-state index in [0.717, 1.165) is 33.5 Å². The van der Waals surface area contributed by atoms with Gasteiger partial charge in [0.2, 0.25) is 0 Å². The summed E-state index contributed by atoms with van der Waals surface area (Å²) in [5.41, 5.74) is 12.8. The number of hydrogen-bond donors (Lipinski definition) is 0. The van der Waals surface area contributed by atoms with Gasteiger partial charge in [0, 0.05) is 98.7 Å². The van der Waals surface area contributed by atoms with Crippen molar-refractivity contribution < 1.29 is 0 Å². The first kappa shape index (κ1) is 53.7. The Labute approximate surface area is 452 Å². The minimum Gasteiger partial charge on any atom is -0.264 e. The van der Waals surface area contributed by atoms with Gasteiger partial charge in [0.15, 0.2) is 0 Å². The fraction of sp³-hybridized carbons (Fsp3) is 0.100. The van der Waals surface area contributed by atoms with Gasteiger partial charge in [-0.3, -0.25) is 34.9 Å². The molecule has 7 aromatic heterocycles. The minimum absolute atomic E-state index is 1.07. The number of benzene rings is 7. The summed E-state index contributed by atoms with van der Waals surface area (Å²) < 4.78 is 0. The maximum Gasteiger partial charge on any atom is 0.0705 e. The summed E-state index contributed by atoms with van der Waals surface area (Å²) in [5.74, 6) is 0. The Kier molecular flexibility index (Phi) is 18.9. The van der Waals surface area contributed by atoms with Crippen LogP contribution in [0.5, 0.6) is 0 Å². The molecule has 0 bridgehead atoms. The highest BCUT2D eigenvalue weighted by molar-refractivity contribution is 5.84. The van der Waals surface area contributed by atoms with Crippen LogP contribution in [-0.4, -0.2) is 34.9 Å². The molecule has 378 valence electrons. The molecule has 0 aliphatic carbocycles. The van der Waals surface area contributed by atoms with E-state index in [9.17, 15) is 0 Å². The number of fused-ring (bicyclic) bond motifs is 7. The molecule has 14 aromatic rings. The number of para-hydroxylation sites is 2. The van der Waals surface area contributed by atoms with Crippen molar-refractivity contribution in [3.63, 3.8) is 0 Å². The van der Waals surface area contributed by atoms with Crippen LogP contribution in [0.1, 0.15) is 39.2 Å². The molecule has 7 aromatic carbocycles. The number of rotatable bonds is 0. The van der Waals surface area contributed by atoms with Crippen molar-refractivity contribution in [2.75, 3.05) is 0 Å². The summed E-state index contributed by atoms with van der Waals surface area (Å²) in [5, 5.41) is 12.3. The molecule has 0 aliphatic heterocycles. The van der Waals surface area contributed by atoms with Gasteiger partial charge in [0.1, 0.15) is 0 Å². The van der Waals surface area contributed by atoms with Crippen molar-refractivity contribution in [1.82, 2.24) is 34.9 Å². The second-order valence-corrected chi connectivity index (χ2v) is 18.9. The summed E-state index contributed by atoms with van der Waals surface area (Å²) in [6.07, 6.45) is 14.9. The van der Waals surface area contributed by atoms with E-state index in [2.05, 4.69) is 191 Å². The zero-order valence-corrected chi connectivity index (χ0v) is 44.9. The topological polar surface area (TPSA) is 90.2 Å². The lowest BCUT2D eigenvalue weighted by Crippen LogP contribution is -1.80. The molecule has 0 atom stereocenters. The van der Waals surface area contributed by atoms with Crippen LogP contribution in [0.4, 0.5) is 0 Å². The van der Waals surface area contributed by atoms with Gasteiger partial charge in [-0.15, -0.1) is 0 Å². The van der Waals surface area contributed by atoms with Crippen LogP contribution in [0, 0.1) is 48.5 Å². The van der Waals surface area contributed by atoms with E-state index in [-0.39, 0.29) is 0 Å². The molecule has 0 aliphatic rings. The Balaban J connectivity index is 0.000000119. The van der Waals surface area contributed by atoms with E-state index in [1.165, 1.54) is 81.7 Å². The Hall–Kier alpha value is -9.59. The van der Waals surface area contributed by atoms with E-state index in [0.29, 0.717) is 0 Å². The van der Waals surface area contributed by atoms with Crippen molar-refractivity contribution in [2.45, 2.75) is 48.5 Å². The van der Waals surface area contributed by atoms with Gasteiger partial charge in [0.25, 0.3) is 0 Å². The Morgan fingerprint density at radius 1 is 0.221 bits per heavy atom. The molecular weight excluding hydrogens is 939 g/mol. The lowest BCUT2D eigenvalue weighted by atomic mass is 10.1. The quantitative estimate of drug-likeness (QED) is 0.149. The molecule has 7 heterocycles. The molecule has 7 nitrogen and oxygen atoms in total.